The molecule has 0 aliphatic heterocycles. The third-order valence-electron chi connectivity index (χ3n) is 3.17. The van der Waals surface area contributed by atoms with Crippen molar-refractivity contribution in [2.24, 2.45) is 0 Å². The average molecular weight is 296 g/mol. The van der Waals surface area contributed by atoms with Crippen LogP contribution in [0, 0.1) is 13.8 Å². The molecule has 0 saturated heterocycles. The van der Waals surface area contributed by atoms with E-state index in [0.717, 1.165) is 16.8 Å². The van der Waals surface area contributed by atoms with Gasteiger partial charge in [-0.15, -0.1) is 10.2 Å². The van der Waals surface area contributed by atoms with E-state index in [4.69, 9.17) is 4.42 Å². The molecule has 0 saturated carbocycles. The number of nitrogens with one attached hydrogen (secondary N) is 2. The highest BCUT2D eigenvalue weighted by atomic mass is 16.3. The highest BCUT2D eigenvalue weighted by Gasteiger charge is 2.08. The van der Waals surface area contributed by atoms with Crippen molar-refractivity contribution in [2.45, 2.75) is 20.3 Å². The van der Waals surface area contributed by atoms with Crippen LogP contribution in [0.15, 0.2) is 45.8 Å². The summed E-state index contributed by atoms with van der Waals surface area (Å²) in [4.78, 5) is 14.7. The molecule has 0 fully saturated rings. The number of aromatic amines is 1. The van der Waals surface area contributed by atoms with Gasteiger partial charge in [0.25, 0.3) is 5.56 Å². The smallest absolute Gasteiger partial charge is 0.274 e. The van der Waals surface area contributed by atoms with Crippen molar-refractivity contribution < 1.29 is 4.42 Å². The summed E-state index contributed by atoms with van der Waals surface area (Å²) in [5, 5.41) is 11.1. The largest absolute Gasteiger partial charge is 0.469 e. The van der Waals surface area contributed by atoms with E-state index in [1.807, 2.05) is 26.0 Å². The second kappa shape index (κ2) is 5.85. The molecule has 6 heteroatoms. The summed E-state index contributed by atoms with van der Waals surface area (Å²) >= 11 is 0. The van der Waals surface area contributed by atoms with E-state index in [2.05, 4.69) is 26.6 Å². The molecule has 0 bridgehead atoms. The number of anilines is 2. The van der Waals surface area contributed by atoms with Gasteiger partial charge < -0.3 is 9.73 Å². The summed E-state index contributed by atoms with van der Waals surface area (Å²) < 4.78 is 5.21. The molecule has 3 aromatic rings. The fourth-order valence-electron chi connectivity index (χ4n) is 2.29. The van der Waals surface area contributed by atoms with Crippen molar-refractivity contribution in [3.8, 4) is 0 Å². The van der Waals surface area contributed by atoms with Crippen LogP contribution in [0.3, 0.4) is 0 Å². The maximum atomic E-state index is 12.1. The molecule has 1 aromatic carbocycles. The summed E-state index contributed by atoms with van der Waals surface area (Å²) in [6, 6.07) is 9.59. The number of furan rings is 1. The van der Waals surface area contributed by atoms with Gasteiger partial charge in [0.2, 0.25) is 5.95 Å². The molecule has 112 valence electrons. The normalized spacial score (nSPS) is 10.6. The topological polar surface area (TPSA) is 83.8 Å². The molecule has 0 unspecified atom stereocenters. The van der Waals surface area contributed by atoms with Gasteiger partial charge >= 0.3 is 0 Å². The van der Waals surface area contributed by atoms with Crippen LogP contribution in [0.1, 0.15) is 22.6 Å². The number of hydrogen-bond acceptors (Lipinski definition) is 5. The van der Waals surface area contributed by atoms with Crippen LogP contribution in [0.25, 0.3) is 0 Å². The first-order valence-corrected chi connectivity index (χ1v) is 6.94. The quantitative estimate of drug-likeness (QED) is 0.773. The minimum absolute atomic E-state index is 0.279. The molecule has 0 aliphatic carbocycles. The first-order chi connectivity index (χ1) is 10.6. The summed E-state index contributed by atoms with van der Waals surface area (Å²) in [6.07, 6.45) is 1.88. The molecule has 0 radical (unpaired) electrons. The number of H-pyrrole nitrogens is 1. The Morgan fingerprint density at radius 1 is 1.18 bits per heavy atom. The van der Waals surface area contributed by atoms with Crippen LogP contribution < -0.4 is 10.9 Å². The Morgan fingerprint density at radius 3 is 2.59 bits per heavy atom. The predicted molar refractivity (Wildman–Crippen MR) is 83.4 cm³/mol. The van der Waals surface area contributed by atoms with Crippen LogP contribution in [-0.4, -0.2) is 15.2 Å². The number of aromatic nitrogens is 3. The van der Waals surface area contributed by atoms with Crippen LogP contribution in [0.4, 0.5) is 11.6 Å². The molecule has 0 spiro atoms. The fraction of sp³-hybridized carbons (Fsp3) is 0.188. The Balaban J connectivity index is 1.81. The summed E-state index contributed by atoms with van der Waals surface area (Å²) in [7, 11) is 0. The van der Waals surface area contributed by atoms with Gasteiger partial charge in [-0.1, -0.05) is 6.07 Å². The van der Waals surface area contributed by atoms with Gasteiger partial charge in [0.05, 0.1) is 12.7 Å². The standard InChI is InChI=1S/C16H16N4O2/c1-10-6-11(2)8-12(7-10)17-16-18-15(21)14(19-20-16)9-13-4-3-5-22-13/h3-8H,9H2,1-2H3,(H2,17,18,20,21). The van der Waals surface area contributed by atoms with Crippen molar-refractivity contribution in [1.82, 2.24) is 15.2 Å². The maximum absolute atomic E-state index is 12.1. The summed E-state index contributed by atoms with van der Waals surface area (Å²) in [5.41, 5.74) is 3.17. The lowest BCUT2D eigenvalue weighted by atomic mass is 10.1. The number of aryl methyl sites for hydroxylation is 2. The average Bonchev–Trinajstić information content (AvgIpc) is 2.93. The lowest BCUT2D eigenvalue weighted by Crippen LogP contribution is -2.18. The molecular weight excluding hydrogens is 280 g/mol. The molecule has 22 heavy (non-hydrogen) atoms. The van der Waals surface area contributed by atoms with Crippen LogP contribution in [0.2, 0.25) is 0 Å². The molecule has 2 aromatic heterocycles. The molecule has 0 amide bonds. The maximum Gasteiger partial charge on any atom is 0.274 e. The lowest BCUT2D eigenvalue weighted by molar-refractivity contribution is 0.517. The van der Waals surface area contributed by atoms with E-state index >= 15 is 0 Å². The molecule has 6 nitrogen and oxygen atoms in total. The minimum Gasteiger partial charge on any atom is -0.469 e. The van der Waals surface area contributed by atoms with Gasteiger partial charge in [-0.3, -0.25) is 9.78 Å². The second-order valence-corrected chi connectivity index (χ2v) is 5.21. The van der Waals surface area contributed by atoms with Crippen molar-refractivity contribution >= 4 is 11.6 Å². The third-order valence-corrected chi connectivity index (χ3v) is 3.17. The molecule has 3 rings (SSSR count). The zero-order valence-electron chi connectivity index (χ0n) is 12.4. The predicted octanol–water partition coefficient (Wildman–Crippen LogP) is 2.71. The van der Waals surface area contributed by atoms with E-state index in [1.54, 1.807) is 18.4 Å². The van der Waals surface area contributed by atoms with Crippen molar-refractivity contribution in [2.75, 3.05) is 5.32 Å². The van der Waals surface area contributed by atoms with Gasteiger partial charge in [-0.25, -0.2) is 0 Å². The monoisotopic (exact) mass is 296 g/mol. The Labute approximate surface area is 127 Å². The number of hydrogen-bond donors (Lipinski definition) is 2. The first-order valence-electron chi connectivity index (χ1n) is 6.94. The SMILES string of the molecule is Cc1cc(C)cc(Nc2nnc(Cc3ccco3)c(=O)[nH]2)c1. The van der Waals surface area contributed by atoms with E-state index in [-0.39, 0.29) is 5.56 Å². The Hall–Kier alpha value is -2.89. The molecule has 0 aliphatic rings. The molecule has 2 heterocycles. The van der Waals surface area contributed by atoms with Gasteiger partial charge in [0.1, 0.15) is 11.5 Å². The summed E-state index contributed by atoms with van der Waals surface area (Å²) in [6.45, 7) is 4.03. The van der Waals surface area contributed by atoms with E-state index in [0.29, 0.717) is 23.8 Å². The van der Waals surface area contributed by atoms with Crippen molar-refractivity contribution in [3.05, 3.63) is 69.5 Å². The Morgan fingerprint density at radius 2 is 1.95 bits per heavy atom. The zero-order valence-corrected chi connectivity index (χ0v) is 12.4. The van der Waals surface area contributed by atoms with Crippen molar-refractivity contribution in [1.29, 1.82) is 0 Å². The summed E-state index contributed by atoms with van der Waals surface area (Å²) in [5.74, 6) is 0.994. The molecular formula is C16H16N4O2. The lowest BCUT2D eigenvalue weighted by Gasteiger charge is -2.07. The van der Waals surface area contributed by atoms with Gasteiger partial charge in [0, 0.05) is 5.69 Å². The van der Waals surface area contributed by atoms with Crippen LogP contribution in [0.5, 0.6) is 0 Å². The molecule has 2 N–H and O–H groups in total. The van der Waals surface area contributed by atoms with E-state index < -0.39 is 0 Å². The fourth-order valence-corrected chi connectivity index (χ4v) is 2.29. The number of rotatable bonds is 4. The van der Waals surface area contributed by atoms with E-state index in [1.165, 1.54) is 0 Å². The second-order valence-electron chi connectivity index (χ2n) is 5.21. The number of benzene rings is 1. The first kappa shape index (κ1) is 14.1. The van der Waals surface area contributed by atoms with Gasteiger partial charge in [-0.2, -0.15) is 0 Å². The highest BCUT2D eigenvalue weighted by molar-refractivity contribution is 5.55. The van der Waals surface area contributed by atoms with Crippen LogP contribution in [-0.2, 0) is 6.42 Å². The zero-order chi connectivity index (χ0) is 15.5. The highest BCUT2D eigenvalue weighted by Crippen LogP contribution is 2.16. The van der Waals surface area contributed by atoms with Crippen LogP contribution >= 0.6 is 0 Å². The van der Waals surface area contributed by atoms with Crippen molar-refractivity contribution in [3.63, 3.8) is 0 Å². The Bertz CT molecular complexity index is 817. The minimum atomic E-state index is -0.279. The Kier molecular flexibility index (Phi) is 3.74. The number of nitrogens with zero attached hydrogens (tertiary/aromatic N) is 2. The third kappa shape index (κ3) is 3.22. The van der Waals surface area contributed by atoms with Gasteiger partial charge in [-0.05, 0) is 49.2 Å². The van der Waals surface area contributed by atoms with E-state index in [9.17, 15) is 4.79 Å². The molecule has 0 atom stereocenters. The van der Waals surface area contributed by atoms with Gasteiger partial charge in [0.15, 0.2) is 0 Å².